The summed E-state index contributed by atoms with van der Waals surface area (Å²) in [7, 11) is -3.74. The molecule has 0 unspecified atom stereocenters. The molecule has 0 saturated heterocycles. The molecular formula is C22H27N5O3S. The van der Waals surface area contributed by atoms with Crippen molar-refractivity contribution in [3.8, 4) is 0 Å². The van der Waals surface area contributed by atoms with E-state index in [4.69, 9.17) is 11.5 Å². The van der Waals surface area contributed by atoms with Crippen molar-refractivity contribution in [2.75, 3.05) is 18.0 Å². The summed E-state index contributed by atoms with van der Waals surface area (Å²) in [6.45, 7) is 4.03. The smallest absolute Gasteiger partial charge is 0.255 e. The second-order valence-corrected chi connectivity index (χ2v) is 9.45. The van der Waals surface area contributed by atoms with Gasteiger partial charge >= 0.3 is 0 Å². The van der Waals surface area contributed by atoms with Gasteiger partial charge in [0.1, 0.15) is 0 Å². The SMILES string of the molecule is Cc1ccc(S(=O)(=O)N(CCCc2c(C)nc(N)[nH]c2=O)Cc2cccc(N)c2)cc1. The summed E-state index contributed by atoms with van der Waals surface area (Å²) < 4.78 is 28.1. The number of H-pyrrole nitrogens is 1. The van der Waals surface area contributed by atoms with Gasteiger partial charge in [-0.15, -0.1) is 0 Å². The van der Waals surface area contributed by atoms with Crippen LogP contribution in [0.2, 0.25) is 0 Å². The van der Waals surface area contributed by atoms with Gasteiger partial charge in [0.15, 0.2) is 0 Å². The van der Waals surface area contributed by atoms with Crippen LogP contribution in [0.3, 0.4) is 0 Å². The first-order valence-corrected chi connectivity index (χ1v) is 11.4. The number of aromatic amines is 1. The minimum absolute atomic E-state index is 0.0662. The standard InChI is InChI=1S/C22H27N5O3S/c1-15-8-10-19(11-9-15)31(29,30)27(14-17-5-3-6-18(23)13-17)12-4-7-20-16(2)25-22(24)26-21(20)28/h3,5-6,8-11,13H,4,7,12,14,23H2,1-2H3,(H3,24,25,26,28). The van der Waals surface area contributed by atoms with Crippen molar-refractivity contribution in [1.82, 2.24) is 14.3 Å². The van der Waals surface area contributed by atoms with E-state index in [1.807, 2.05) is 13.0 Å². The third-order valence-corrected chi connectivity index (χ3v) is 6.90. The van der Waals surface area contributed by atoms with Crippen LogP contribution >= 0.6 is 0 Å². The van der Waals surface area contributed by atoms with Gasteiger partial charge in [0.05, 0.1) is 4.90 Å². The van der Waals surface area contributed by atoms with Crippen molar-refractivity contribution in [2.24, 2.45) is 0 Å². The Kier molecular flexibility index (Phi) is 6.77. The lowest BCUT2D eigenvalue weighted by atomic mass is 10.1. The number of nitrogen functional groups attached to an aromatic ring is 2. The van der Waals surface area contributed by atoms with Gasteiger partial charge in [0, 0.05) is 30.0 Å². The highest BCUT2D eigenvalue weighted by Gasteiger charge is 2.24. The van der Waals surface area contributed by atoms with Crippen LogP contribution in [0.1, 0.15) is 28.8 Å². The molecule has 0 fully saturated rings. The molecule has 164 valence electrons. The number of anilines is 2. The molecule has 1 aromatic heterocycles. The van der Waals surface area contributed by atoms with Crippen molar-refractivity contribution >= 4 is 21.7 Å². The zero-order valence-electron chi connectivity index (χ0n) is 17.6. The highest BCUT2D eigenvalue weighted by atomic mass is 32.2. The molecule has 9 heteroatoms. The Labute approximate surface area is 182 Å². The second kappa shape index (κ2) is 9.32. The van der Waals surface area contributed by atoms with E-state index in [-0.39, 0.29) is 29.5 Å². The monoisotopic (exact) mass is 441 g/mol. The zero-order chi connectivity index (χ0) is 22.6. The van der Waals surface area contributed by atoms with E-state index >= 15 is 0 Å². The van der Waals surface area contributed by atoms with Gasteiger partial charge in [-0.2, -0.15) is 4.31 Å². The Balaban J connectivity index is 1.85. The molecule has 3 rings (SSSR count). The molecule has 0 radical (unpaired) electrons. The fourth-order valence-electron chi connectivity index (χ4n) is 3.40. The molecule has 8 nitrogen and oxygen atoms in total. The number of rotatable bonds is 8. The molecule has 1 heterocycles. The minimum atomic E-state index is -3.74. The van der Waals surface area contributed by atoms with E-state index in [9.17, 15) is 13.2 Å². The molecule has 0 aliphatic rings. The Bertz CT molecular complexity index is 1220. The largest absolute Gasteiger partial charge is 0.399 e. The number of hydrogen-bond acceptors (Lipinski definition) is 6. The first kappa shape index (κ1) is 22.5. The van der Waals surface area contributed by atoms with Crippen LogP contribution in [0, 0.1) is 13.8 Å². The van der Waals surface area contributed by atoms with Crippen molar-refractivity contribution in [3.05, 3.63) is 81.3 Å². The van der Waals surface area contributed by atoms with Crippen LogP contribution in [0.25, 0.3) is 0 Å². The average molecular weight is 442 g/mol. The molecule has 0 aliphatic carbocycles. The highest BCUT2D eigenvalue weighted by molar-refractivity contribution is 7.89. The summed E-state index contributed by atoms with van der Waals surface area (Å²) >= 11 is 0. The van der Waals surface area contributed by atoms with E-state index in [0.717, 1.165) is 11.1 Å². The molecule has 0 saturated carbocycles. The summed E-state index contributed by atoms with van der Waals surface area (Å²) in [6, 6.07) is 13.9. The van der Waals surface area contributed by atoms with E-state index in [0.29, 0.717) is 29.8 Å². The van der Waals surface area contributed by atoms with Gasteiger partial charge in [0.25, 0.3) is 5.56 Å². The number of nitrogens with zero attached hydrogens (tertiary/aromatic N) is 2. The fourth-order valence-corrected chi connectivity index (χ4v) is 4.86. The van der Waals surface area contributed by atoms with Crippen molar-refractivity contribution in [2.45, 2.75) is 38.1 Å². The topological polar surface area (TPSA) is 135 Å². The highest BCUT2D eigenvalue weighted by Crippen LogP contribution is 2.21. The maximum atomic E-state index is 13.4. The summed E-state index contributed by atoms with van der Waals surface area (Å²) in [4.78, 5) is 19.0. The van der Waals surface area contributed by atoms with Gasteiger partial charge < -0.3 is 11.5 Å². The van der Waals surface area contributed by atoms with Crippen LogP contribution in [0.15, 0.2) is 58.2 Å². The zero-order valence-corrected chi connectivity index (χ0v) is 18.4. The van der Waals surface area contributed by atoms with Crippen molar-refractivity contribution in [3.63, 3.8) is 0 Å². The molecule has 0 spiro atoms. The maximum absolute atomic E-state index is 13.4. The summed E-state index contributed by atoms with van der Waals surface area (Å²) in [6.07, 6.45) is 0.828. The Morgan fingerprint density at radius 1 is 1.06 bits per heavy atom. The lowest BCUT2D eigenvalue weighted by Gasteiger charge is -2.23. The van der Waals surface area contributed by atoms with Crippen LogP contribution in [0.4, 0.5) is 11.6 Å². The van der Waals surface area contributed by atoms with E-state index in [2.05, 4.69) is 9.97 Å². The lowest BCUT2D eigenvalue weighted by molar-refractivity contribution is 0.399. The minimum Gasteiger partial charge on any atom is -0.399 e. The van der Waals surface area contributed by atoms with Gasteiger partial charge in [-0.3, -0.25) is 9.78 Å². The van der Waals surface area contributed by atoms with Crippen molar-refractivity contribution < 1.29 is 8.42 Å². The number of aryl methyl sites for hydroxylation is 2. The van der Waals surface area contributed by atoms with E-state index < -0.39 is 10.0 Å². The number of benzene rings is 2. The molecule has 0 aliphatic heterocycles. The Morgan fingerprint density at radius 3 is 2.42 bits per heavy atom. The second-order valence-electron chi connectivity index (χ2n) is 7.52. The van der Waals surface area contributed by atoms with Crippen LogP contribution in [-0.4, -0.2) is 29.2 Å². The van der Waals surface area contributed by atoms with Crippen LogP contribution in [0.5, 0.6) is 0 Å². The molecule has 31 heavy (non-hydrogen) atoms. The van der Waals surface area contributed by atoms with Crippen molar-refractivity contribution in [1.29, 1.82) is 0 Å². The average Bonchev–Trinajstić information content (AvgIpc) is 2.69. The lowest BCUT2D eigenvalue weighted by Crippen LogP contribution is -2.32. The number of nitrogens with two attached hydrogens (primary N) is 2. The molecule has 3 aromatic rings. The van der Waals surface area contributed by atoms with Gasteiger partial charge in [-0.1, -0.05) is 29.8 Å². The molecule has 5 N–H and O–H groups in total. The quantitative estimate of drug-likeness (QED) is 0.459. The van der Waals surface area contributed by atoms with Gasteiger partial charge in [-0.05, 0) is 56.5 Å². The first-order valence-electron chi connectivity index (χ1n) is 9.93. The molecule has 0 atom stereocenters. The van der Waals surface area contributed by atoms with E-state index in [1.165, 1.54) is 4.31 Å². The number of nitrogens with one attached hydrogen (secondary N) is 1. The normalized spacial score (nSPS) is 11.7. The van der Waals surface area contributed by atoms with Crippen LogP contribution in [-0.2, 0) is 23.0 Å². The van der Waals surface area contributed by atoms with Crippen LogP contribution < -0.4 is 17.0 Å². The molecular weight excluding hydrogens is 414 g/mol. The summed E-state index contributed by atoms with van der Waals surface area (Å²) in [5.74, 6) is 0.0662. The summed E-state index contributed by atoms with van der Waals surface area (Å²) in [5.41, 5.74) is 14.5. The Hall–Kier alpha value is -3.17. The van der Waals surface area contributed by atoms with Gasteiger partial charge in [-0.25, -0.2) is 13.4 Å². The maximum Gasteiger partial charge on any atom is 0.255 e. The molecule has 0 amide bonds. The molecule has 0 bridgehead atoms. The first-order chi connectivity index (χ1) is 14.7. The number of aromatic nitrogens is 2. The van der Waals surface area contributed by atoms with Gasteiger partial charge in [0.2, 0.25) is 16.0 Å². The number of hydrogen-bond donors (Lipinski definition) is 3. The number of sulfonamides is 1. The Morgan fingerprint density at radius 2 is 1.77 bits per heavy atom. The predicted octanol–water partition coefficient (Wildman–Crippen LogP) is 2.37. The third kappa shape index (κ3) is 5.50. The predicted molar refractivity (Wildman–Crippen MR) is 122 cm³/mol. The van der Waals surface area contributed by atoms with E-state index in [1.54, 1.807) is 49.4 Å². The summed E-state index contributed by atoms with van der Waals surface area (Å²) in [5, 5.41) is 0. The molecule has 2 aromatic carbocycles. The third-order valence-electron chi connectivity index (χ3n) is 5.04. The fraction of sp³-hybridized carbons (Fsp3) is 0.273.